The molecule has 2 fully saturated rings. The first kappa shape index (κ1) is 23.4. The molecule has 2 aromatic heterocycles. The lowest BCUT2D eigenvalue weighted by atomic mass is 10.1. The van der Waals surface area contributed by atoms with Gasteiger partial charge in [0, 0.05) is 63.5 Å². The zero-order valence-electron chi connectivity index (χ0n) is 19.9. The number of nitrogens with one attached hydrogen (secondary N) is 1. The molecule has 5 rings (SSSR count). The van der Waals surface area contributed by atoms with Gasteiger partial charge in [-0.2, -0.15) is 0 Å². The van der Waals surface area contributed by atoms with Crippen LogP contribution in [0.3, 0.4) is 0 Å². The van der Waals surface area contributed by atoms with Gasteiger partial charge < -0.3 is 29.3 Å². The van der Waals surface area contributed by atoms with E-state index >= 15 is 0 Å². The molecule has 35 heavy (non-hydrogen) atoms. The third kappa shape index (κ3) is 5.50. The van der Waals surface area contributed by atoms with Crippen LogP contribution in [0.5, 0.6) is 0 Å². The van der Waals surface area contributed by atoms with Crippen LogP contribution in [0.2, 0.25) is 0 Å². The number of nitrogens with zero attached hydrogens (tertiary/aromatic N) is 5. The van der Waals surface area contributed by atoms with Crippen LogP contribution in [0.1, 0.15) is 0 Å². The highest BCUT2D eigenvalue weighted by Crippen LogP contribution is 2.27. The number of morpholine rings is 2. The number of hydrogen-bond donors (Lipinski definition) is 1. The molecule has 3 aromatic rings. The van der Waals surface area contributed by atoms with Crippen molar-refractivity contribution in [2.75, 3.05) is 76.5 Å². The predicted octanol–water partition coefficient (Wildman–Crippen LogP) is 1.81. The third-order valence-electron chi connectivity index (χ3n) is 6.25. The molecule has 1 N–H and O–H groups in total. The molecule has 2 saturated heterocycles. The van der Waals surface area contributed by atoms with Gasteiger partial charge in [-0.3, -0.25) is 9.78 Å². The molecule has 184 valence electrons. The molecule has 2 aliphatic rings. The lowest BCUT2D eigenvalue weighted by Crippen LogP contribution is -2.48. The first-order valence-corrected chi connectivity index (χ1v) is 11.9. The maximum absolute atomic E-state index is 12.2. The number of carbonyl (C=O) groups is 1. The lowest BCUT2D eigenvalue weighted by molar-refractivity contribution is -0.142. The molecule has 10 heteroatoms. The average molecular weight is 479 g/mol. The number of ether oxygens (including phenoxy) is 3. The van der Waals surface area contributed by atoms with E-state index < -0.39 is 0 Å². The van der Waals surface area contributed by atoms with Crippen LogP contribution in [0.15, 0.2) is 42.7 Å². The SMILES string of the molecule is COCC(=O)N1CCOC(CNc2nc(-c3ccc(N4CCOCC4)cc3)cc3nccnc23)C1. The number of pyridine rings is 1. The number of benzene rings is 1. The fourth-order valence-corrected chi connectivity index (χ4v) is 4.40. The van der Waals surface area contributed by atoms with Gasteiger partial charge in [0.25, 0.3) is 0 Å². The number of anilines is 2. The minimum absolute atomic E-state index is 0.0298. The zero-order chi connectivity index (χ0) is 24.0. The second-order valence-corrected chi connectivity index (χ2v) is 8.57. The molecule has 1 atom stereocenters. The van der Waals surface area contributed by atoms with Gasteiger partial charge in [-0.25, -0.2) is 9.97 Å². The Morgan fingerprint density at radius 1 is 1.11 bits per heavy atom. The fraction of sp³-hybridized carbons (Fsp3) is 0.440. The van der Waals surface area contributed by atoms with Crippen LogP contribution in [0, 0.1) is 0 Å². The van der Waals surface area contributed by atoms with E-state index in [1.54, 1.807) is 17.3 Å². The Morgan fingerprint density at radius 3 is 2.71 bits per heavy atom. The standard InChI is InChI=1S/C25H30N6O4/c1-33-17-23(32)31-10-13-35-20(16-31)15-28-25-24-22(26-6-7-27-24)14-21(29-25)18-2-4-19(5-3-18)30-8-11-34-12-9-30/h2-7,14,20H,8-13,15-17H2,1H3,(H,28,29). The lowest BCUT2D eigenvalue weighted by Gasteiger charge is -2.33. The number of rotatable bonds is 7. The van der Waals surface area contributed by atoms with E-state index in [9.17, 15) is 4.79 Å². The summed E-state index contributed by atoms with van der Waals surface area (Å²) in [6.07, 6.45) is 3.18. The summed E-state index contributed by atoms with van der Waals surface area (Å²) in [7, 11) is 1.53. The Kier molecular flexibility index (Phi) is 7.31. The summed E-state index contributed by atoms with van der Waals surface area (Å²) in [5, 5.41) is 3.39. The Balaban J connectivity index is 1.34. The van der Waals surface area contributed by atoms with Crippen LogP contribution in [-0.4, -0.2) is 98.1 Å². The highest BCUT2D eigenvalue weighted by atomic mass is 16.5. The van der Waals surface area contributed by atoms with Gasteiger partial charge in [0.1, 0.15) is 12.1 Å². The smallest absolute Gasteiger partial charge is 0.248 e. The maximum Gasteiger partial charge on any atom is 0.248 e. The largest absolute Gasteiger partial charge is 0.378 e. The molecular formula is C25H30N6O4. The minimum Gasteiger partial charge on any atom is -0.378 e. The van der Waals surface area contributed by atoms with E-state index in [1.807, 2.05) is 6.07 Å². The number of carbonyl (C=O) groups excluding carboxylic acids is 1. The molecule has 10 nitrogen and oxygen atoms in total. The van der Waals surface area contributed by atoms with Crippen LogP contribution in [0.4, 0.5) is 11.5 Å². The summed E-state index contributed by atoms with van der Waals surface area (Å²) in [6, 6.07) is 10.4. The van der Waals surface area contributed by atoms with E-state index in [0.29, 0.717) is 37.6 Å². The quantitative estimate of drug-likeness (QED) is 0.545. The van der Waals surface area contributed by atoms with E-state index in [2.05, 4.69) is 44.5 Å². The topological polar surface area (TPSA) is 102 Å². The summed E-state index contributed by atoms with van der Waals surface area (Å²) in [5.74, 6) is 0.615. The van der Waals surface area contributed by atoms with Gasteiger partial charge in [-0.15, -0.1) is 0 Å². The number of methoxy groups -OCH3 is 1. The summed E-state index contributed by atoms with van der Waals surface area (Å²) < 4.78 is 16.3. The van der Waals surface area contributed by atoms with E-state index in [0.717, 1.165) is 43.1 Å². The zero-order valence-corrected chi connectivity index (χ0v) is 19.9. The predicted molar refractivity (Wildman–Crippen MR) is 132 cm³/mol. The van der Waals surface area contributed by atoms with Crippen molar-refractivity contribution in [1.82, 2.24) is 19.9 Å². The maximum atomic E-state index is 12.2. The Hall–Kier alpha value is -3.34. The van der Waals surface area contributed by atoms with Crippen molar-refractivity contribution < 1.29 is 19.0 Å². The third-order valence-corrected chi connectivity index (χ3v) is 6.25. The van der Waals surface area contributed by atoms with Crippen molar-refractivity contribution in [2.45, 2.75) is 6.10 Å². The van der Waals surface area contributed by atoms with Crippen LogP contribution in [0.25, 0.3) is 22.3 Å². The number of hydrogen-bond acceptors (Lipinski definition) is 9. The summed E-state index contributed by atoms with van der Waals surface area (Å²) in [6.45, 7) is 5.44. The highest BCUT2D eigenvalue weighted by Gasteiger charge is 2.24. The summed E-state index contributed by atoms with van der Waals surface area (Å²) >= 11 is 0. The van der Waals surface area contributed by atoms with Crippen molar-refractivity contribution >= 4 is 28.4 Å². The van der Waals surface area contributed by atoms with Gasteiger partial charge in [0.15, 0.2) is 5.82 Å². The van der Waals surface area contributed by atoms with Crippen molar-refractivity contribution in [3.63, 3.8) is 0 Å². The van der Waals surface area contributed by atoms with E-state index in [-0.39, 0.29) is 18.6 Å². The molecule has 1 unspecified atom stereocenters. The molecule has 0 radical (unpaired) electrons. The van der Waals surface area contributed by atoms with E-state index in [1.165, 1.54) is 12.8 Å². The first-order chi connectivity index (χ1) is 17.2. The number of fused-ring (bicyclic) bond motifs is 1. The second kappa shape index (κ2) is 10.9. The molecule has 4 heterocycles. The monoisotopic (exact) mass is 478 g/mol. The van der Waals surface area contributed by atoms with Crippen LogP contribution < -0.4 is 10.2 Å². The number of aromatic nitrogens is 3. The fourth-order valence-electron chi connectivity index (χ4n) is 4.40. The van der Waals surface area contributed by atoms with Crippen molar-refractivity contribution in [3.05, 3.63) is 42.7 Å². The van der Waals surface area contributed by atoms with Gasteiger partial charge in [-0.05, 0) is 18.2 Å². The summed E-state index contributed by atoms with van der Waals surface area (Å²) in [4.78, 5) is 30.2. The normalized spacial score (nSPS) is 18.6. The van der Waals surface area contributed by atoms with E-state index in [4.69, 9.17) is 19.2 Å². The van der Waals surface area contributed by atoms with Gasteiger partial charge in [-0.1, -0.05) is 12.1 Å². The number of amides is 1. The van der Waals surface area contributed by atoms with Crippen LogP contribution >= 0.6 is 0 Å². The molecule has 0 spiro atoms. The molecule has 0 saturated carbocycles. The molecule has 2 aliphatic heterocycles. The Bertz CT molecular complexity index is 1150. The molecule has 1 amide bonds. The molecule has 0 aliphatic carbocycles. The average Bonchev–Trinajstić information content (AvgIpc) is 2.92. The molecule has 1 aromatic carbocycles. The van der Waals surface area contributed by atoms with Crippen LogP contribution in [-0.2, 0) is 19.0 Å². The van der Waals surface area contributed by atoms with Gasteiger partial charge >= 0.3 is 0 Å². The Morgan fingerprint density at radius 2 is 1.91 bits per heavy atom. The summed E-state index contributed by atoms with van der Waals surface area (Å²) in [5.41, 5.74) is 4.46. The first-order valence-electron chi connectivity index (χ1n) is 11.9. The minimum atomic E-state index is -0.158. The van der Waals surface area contributed by atoms with Crippen molar-refractivity contribution in [3.8, 4) is 11.3 Å². The molecule has 0 bridgehead atoms. The highest BCUT2D eigenvalue weighted by molar-refractivity contribution is 5.88. The van der Waals surface area contributed by atoms with Gasteiger partial charge in [0.2, 0.25) is 5.91 Å². The van der Waals surface area contributed by atoms with Crippen molar-refractivity contribution in [2.24, 2.45) is 0 Å². The van der Waals surface area contributed by atoms with Gasteiger partial charge in [0.05, 0.1) is 37.1 Å². The Labute approximate surface area is 204 Å². The second-order valence-electron chi connectivity index (χ2n) is 8.57. The molecular weight excluding hydrogens is 448 g/mol. The van der Waals surface area contributed by atoms with Crippen molar-refractivity contribution in [1.29, 1.82) is 0 Å².